The number of carbonyl (C=O) groups excluding carboxylic acids is 1. The van der Waals surface area contributed by atoms with E-state index in [0.29, 0.717) is 31.6 Å². The van der Waals surface area contributed by atoms with Gasteiger partial charge in [-0.2, -0.15) is 4.31 Å². The predicted molar refractivity (Wildman–Crippen MR) is 110 cm³/mol. The molecule has 0 atom stereocenters. The van der Waals surface area contributed by atoms with Gasteiger partial charge in [0.1, 0.15) is 4.90 Å². The van der Waals surface area contributed by atoms with Gasteiger partial charge in [0.2, 0.25) is 15.9 Å². The van der Waals surface area contributed by atoms with Crippen LogP contribution >= 0.6 is 24.0 Å². The summed E-state index contributed by atoms with van der Waals surface area (Å²) in [6, 6.07) is 4.48. The quantitative estimate of drug-likeness (QED) is 0.632. The molecule has 0 aliphatic heterocycles. The van der Waals surface area contributed by atoms with Crippen LogP contribution in [0.15, 0.2) is 23.1 Å². The number of sulfonamides is 1. The molecule has 9 heteroatoms. The normalized spacial score (nSPS) is 12.0. The average Bonchev–Trinajstić information content (AvgIpc) is 2.59. The molecule has 0 aliphatic carbocycles. The van der Waals surface area contributed by atoms with Crippen molar-refractivity contribution in [2.75, 3.05) is 25.0 Å². The number of rotatable bonds is 9. The molecular formula is C17H29Cl2N3O3S. The largest absolute Gasteiger partial charge is 0.329 e. The van der Waals surface area contributed by atoms with Crippen molar-refractivity contribution in [2.24, 2.45) is 11.1 Å². The van der Waals surface area contributed by atoms with E-state index < -0.39 is 15.4 Å². The van der Waals surface area contributed by atoms with Crippen LogP contribution in [-0.2, 0) is 14.8 Å². The van der Waals surface area contributed by atoms with Gasteiger partial charge < -0.3 is 11.1 Å². The third-order valence-corrected chi connectivity index (χ3v) is 7.27. The number of anilines is 1. The summed E-state index contributed by atoms with van der Waals surface area (Å²) in [6.45, 7) is 8.25. The van der Waals surface area contributed by atoms with Crippen LogP contribution in [0, 0.1) is 5.41 Å². The number of hydrogen-bond acceptors (Lipinski definition) is 4. The molecule has 26 heavy (non-hydrogen) atoms. The van der Waals surface area contributed by atoms with Gasteiger partial charge >= 0.3 is 0 Å². The van der Waals surface area contributed by atoms with Crippen LogP contribution in [0.3, 0.4) is 0 Å². The zero-order valence-corrected chi connectivity index (χ0v) is 18.1. The van der Waals surface area contributed by atoms with E-state index in [1.54, 1.807) is 19.9 Å². The van der Waals surface area contributed by atoms with E-state index in [2.05, 4.69) is 5.32 Å². The lowest BCUT2D eigenvalue weighted by molar-refractivity contribution is -0.125. The van der Waals surface area contributed by atoms with E-state index in [-0.39, 0.29) is 34.8 Å². The minimum atomic E-state index is -3.72. The molecule has 0 unspecified atom stereocenters. The average molecular weight is 426 g/mol. The SMILES string of the molecule is CCN(CC)S(=O)(=O)c1cc(NC(=O)C(CC)(CC)CN)ccc1Cl.Cl. The van der Waals surface area contributed by atoms with Gasteiger partial charge in [-0.25, -0.2) is 8.42 Å². The second-order valence-corrected chi connectivity index (χ2v) is 8.19. The molecule has 3 N–H and O–H groups in total. The van der Waals surface area contributed by atoms with Gasteiger partial charge in [0, 0.05) is 25.3 Å². The highest BCUT2D eigenvalue weighted by Gasteiger charge is 2.33. The lowest BCUT2D eigenvalue weighted by atomic mass is 9.81. The van der Waals surface area contributed by atoms with Crippen molar-refractivity contribution in [3.05, 3.63) is 23.2 Å². The number of carbonyl (C=O) groups is 1. The standard InChI is InChI=1S/C17H28ClN3O3S.ClH/c1-5-17(6-2,12-19)16(22)20-13-9-10-14(18)15(11-13)25(23,24)21(7-3)8-4;/h9-11H,5-8,12,19H2,1-4H3,(H,20,22);1H. The summed E-state index contributed by atoms with van der Waals surface area (Å²) in [5, 5.41) is 2.92. The molecule has 1 aromatic carbocycles. The monoisotopic (exact) mass is 425 g/mol. The number of benzene rings is 1. The Labute approximate surface area is 167 Å². The van der Waals surface area contributed by atoms with E-state index >= 15 is 0 Å². The third kappa shape index (κ3) is 5.10. The first-order valence-electron chi connectivity index (χ1n) is 8.53. The summed E-state index contributed by atoms with van der Waals surface area (Å²) >= 11 is 6.11. The molecule has 1 amide bonds. The molecule has 0 saturated heterocycles. The number of nitrogens with two attached hydrogens (primary N) is 1. The highest BCUT2D eigenvalue weighted by molar-refractivity contribution is 7.89. The van der Waals surface area contributed by atoms with Gasteiger partial charge in [-0.05, 0) is 31.0 Å². The lowest BCUT2D eigenvalue weighted by Crippen LogP contribution is -2.41. The number of nitrogens with one attached hydrogen (secondary N) is 1. The van der Waals surface area contributed by atoms with Crippen molar-refractivity contribution in [2.45, 2.75) is 45.4 Å². The Morgan fingerprint density at radius 3 is 2.15 bits per heavy atom. The van der Waals surface area contributed by atoms with Crippen LogP contribution in [0.2, 0.25) is 5.02 Å². The Hall–Kier alpha value is -0.860. The summed E-state index contributed by atoms with van der Waals surface area (Å²) in [5.41, 5.74) is 5.52. The second kappa shape index (κ2) is 10.5. The molecule has 0 bridgehead atoms. The molecule has 0 radical (unpaired) electrons. The highest BCUT2D eigenvalue weighted by atomic mass is 35.5. The van der Waals surface area contributed by atoms with Crippen molar-refractivity contribution in [3.8, 4) is 0 Å². The summed E-state index contributed by atoms with van der Waals surface area (Å²) in [5.74, 6) is -0.214. The van der Waals surface area contributed by atoms with Gasteiger partial charge in [-0.1, -0.05) is 39.3 Å². The first kappa shape index (κ1) is 25.1. The van der Waals surface area contributed by atoms with E-state index in [4.69, 9.17) is 17.3 Å². The van der Waals surface area contributed by atoms with Crippen molar-refractivity contribution >= 4 is 45.6 Å². The number of nitrogens with zero attached hydrogens (tertiary/aromatic N) is 1. The molecule has 6 nitrogen and oxygen atoms in total. The van der Waals surface area contributed by atoms with Gasteiger partial charge in [0.15, 0.2) is 0 Å². The van der Waals surface area contributed by atoms with Crippen LogP contribution in [0.5, 0.6) is 0 Å². The predicted octanol–water partition coefficient (Wildman–Crippen LogP) is 3.50. The van der Waals surface area contributed by atoms with Crippen molar-refractivity contribution in [1.29, 1.82) is 0 Å². The van der Waals surface area contributed by atoms with Crippen LogP contribution < -0.4 is 11.1 Å². The maximum atomic E-state index is 12.7. The zero-order chi connectivity index (χ0) is 19.3. The van der Waals surface area contributed by atoms with Crippen molar-refractivity contribution in [1.82, 2.24) is 4.31 Å². The van der Waals surface area contributed by atoms with E-state index in [1.165, 1.54) is 16.4 Å². The maximum Gasteiger partial charge on any atom is 0.244 e. The van der Waals surface area contributed by atoms with Gasteiger partial charge in [-0.3, -0.25) is 4.79 Å². The van der Waals surface area contributed by atoms with Gasteiger partial charge in [-0.15, -0.1) is 12.4 Å². The first-order chi connectivity index (χ1) is 11.7. The molecule has 0 saturated carbocycles. The minimum Gasteiger partial charge on any atom is -0.329 e. The van der Waals surface area contributed by atoms with Gasteiger partial charge in [0.25, 0.3) is 0 Å². The van der Waals surface area contributed by atoms with Crippen LogP contribution in [-0.4, -0.2) is 38.3 Å². The van der Waals surface area contributed by atoms with Gasteiger partial charge in [0.05, 0.1) is 10.4 Å². The second-order valence-electron chi connectivity index (χ2n) is 5.88. The lowest BCUT2D eigenvalue weighted by Gasteiger charge is -2.28. The highest BCUT2D eigenvalue weighted by Crippen LogP contribution is 2.30. The third-order valence-electron chi connectivity index (χ3n) is 4.74. The van der Waals surface area contributed by atoms with Crippen molar-refractivity contribution < 1.29 is 13.2 Å². The fourth-order valence-corrected chi connectivity index (χ4v) is 4.66. The smallest absolute Gasteiger partial charge is 0.244 e. The van der Waals surface area contributed by atoms with Crippen LogP contribution in [0.1, 0.15) is 40.5 Å². The Bertz CT molecular complexity index is 695. The van der Waals surface area contributed by atoms with Crippen LogP contribution in [0.25, 0.3) is 0 Å². The summed E-state index contributed by atoms with van der Waals surface area (Å²) in [6.07, 6.45) is 1.20. The Kier molecular flexibility index (Phi) is 10.1. The Morgan fingerprint density at radius 1 is 1.19 bits per heavy atom. The minimum absolute atomic E-state index is 0. The number of halogens is 2. The van der Waals surface area contributed by atoms with Crippen molar-refractivity contribution in [3.63, 3.8) is 0 Å². The topological polar surface area (TPSA) is 92.5 Å². The fraction of sp³-hybridized carbons (Fsp3) is 0.588. The molecule has 0 spiro atoms. The molecule has 0 heterocycles. The summed E-state index contributed by atoms with van der Waals surface area (Å²) in [7, 11) is -3.72. The summed E-state index contributed by atoms with van der Waals surface area (Å²) < 4.78 is 26.8. The van der Waals surface area contributed by atoms with Crippen LogP contribution in [0.4, 0.5) is 5.69 Å². The van der Waals surface area contributed by atoms with E-state index in [9.17, 15) is 13.2 Å². The maximum absolute atomic E-state index is 12.7. The molecular weight excluding hydrogens is 397 g/mol. The fourth-order valence-electron chi connectivity index (χ4n) is 2.70. The Balaban J connectivity index is 0.00000625. The summed E-state index contributed by atoms with van der Waals surface area (Å²) in [4.78, 5) is 12.6. The molecule has 0 aromatic heterocycles. The molecule has 0 aliphatic rings. The molecule has 150 valence electrons. The van der Waals surface area contributed by atoms with E-state index in [1.807, 2.05) is 13.8 Å². The molecule has 1 rings (SSSR count). The number of hydrogen-bond donors (Lipinski definition) is 2. The zero-order valence-electron chi connectivity index (χ0n) is 15.7. The Morgan fingerprint density at radius 2 is 1.73 bits per heavy atom. The first-order valence-corrected chi connectivity index (χ1v) is 10.3. The number of amides is 1. The van der Waals surface area contributed by atoms with E-state index in [0.717, 1.165) is 0 Å². The molecule has 1 aromatic rings. The molecule has 0 fully saturated rings.